The van der Waals surface area contributed by atoms with Crippen molar-refractivity contribution in [1.82, 2.24) is 15.8 Å². The third-order valence-electron chi connectivity index (χ3n) is 10.7. The fourth-order valence-corrected chi connectivity index (χ4v) is 7.92. The summed E-state index contributed by atoms with van der Waals surface area (Å²) in [6.07, 6.45) is 3.40. The Labute approximate surface area is 266 Å². The van der Waals surface area contributed by atoms with E-state index in [-0.39, 0.29) is 59.5 Å². The Morgan fingerprint density at radius 2 is 1.84 bits per heavy atom. The van der Waals surface area contributed by atoms with Gasteiger partial charge in [0.25, 0.3) is 11.8 Å². The Morgan fingerprint density at radius 1 is 1.09 bits per heavy atom. The molecule has 3 saturated carbocycles. The van der Waals surface area contributed by atoms with Gasteiger partial charge in [-0.15, -0.1) is 0 Å². The van der Waals surface area contributed by atoms with Crippen LogP contribution in [-0.2, 0) is 25.4 Å². The van der Waals surface area contributed by atoms with Crippen molar-refractivity contribution in [2.75, 3.05) is 6.54 Å². The lowest BCUT2D eigenvalue weighted by Gasteiger charge is -2.64. The maximum Gasteiger partial charge on any atom is 0.481 e. The number of oxime groups is 1. The summed E-state index contributed by atoms with van der Waals surface area (Å²) >= 11 is 0. The maximum atomic E-state index is 14.3. The fraction of sp³-hybridized carbons (Fsp3) is 0.647. The molecular weight excluding hydrogens is 571 g/mol. The summed E-state index contributed by atoms with van der Waals surface area (Å²) in [5.41, 5.74) is 0.291. The number of hydrogen-bond acceptors (Lipinski definition) is 8. The van der Waals surface area contributed by atoms with Crippen molar-refractivity contribution in [3.8, 4) is 0 Å². The monoisotopic (exact) mass is 618 g/mol. The van der Waals surface area contributed by atoms with E-state index in [0.717, 1.165) is 18.4 Å². The van der Waals surface area contributed by atoms with E-state index in [1.165, 1.54) is 0 Å². The molecule has 5 aliphatic rings. The molecule has 11 heteroatoms. The van der Waals surface area contributed by atoms with Crippen LogP contribution in [0.1, 0.15) is 102 Å². The molecule has 45 heavy (non-hydrogen) atoms. The molecule has 2 amide bonds. The van der Waals surface area contributed by atoms with Crippen molar-refractivity contribution in [1.29, 1.82) is 0 Å². The zero-order valence-corrected chi connectivity index (χ0v) is 27.6. The number of aromatic nitrogens is 1. The Hall–Kier alpha value is -3.18. The third-order valence-corrected chi connectivity index (χ3v) is 10.7. The molecule has 10 nitrogen and oxygen atoms in total. The molecule has 2 N–H and O–H groups in total. The highest BCUT2D eigenvalue weighted by Gasteiger charge is 2.68. The molecule has 2 bridgehead atoms. The highest BCUT2D eigenvalue weighted by Crippen LogP contribution is 2.65. The molecular formula is C34H47BN4O6. The number of benzene rings is 1. The fourth-order valence-electron chi connectivity index (χ4n) is 7.92. The van der Waals surface area contributed by atoms with Gasteiger partial charge < -0.3 is 29.3 Å². The van der Waals surface area contributed by atoms with Crippen molar-refractivity contribution >= 4 is 24.6 Å². The van der Waals surface area contributed by atoms with Crippen LogP contribution >= 0.6 is 0 Å². The van der Waals surface area contributed by atoms with Gasteiger partial charge in [0.1, 0.15) is 5.76 Å². The SMILES string of the molecule is CC(C)C[C@H](NC(=O)C1(Cc2ccccc2)CC(CNC(=O)c2cc(C(C)C)on2)=NO1)B1O[C@@H]2C[C@@H]3C[C@@H](C3(C)C)[C@]2(C)O1. The molecule has 1 saturated heterocycles. The number of rotatable bonds is 11. The van der Waals surface area contributed by atoms with Gasteiger partial charge in [-0.25, -0.2) is 0 Å². The Balaban J connectivity index is 1.17. The van der Waals surface area contributed by atoms with E-state index in [1.54, 1.807) is 6.07 Å². The topological polar surface area (TPSA) is 124 Å². The molecule has 7 rings (SSSR count). The lowest BCUT2D eigenvalue weighted by molar-refractivity contribution is -0.199. The first-order valence-corrected chi connectivity index (χ1v) is 16.5. The second-order valence-electron chi connectivity index (χ2n) is 15.1. The smallest absolute Gasteiger partial charge is 0.404 e. The van der Waals surface area contributed by atoms with Crippen LogP contribution in [0.25, 0.3) is 0 Å². The van der Waals surface area contributed by atoms with Gasteiger partial charge in [-0.05, 0) is 54.9 Å². The van der Waals surface area contributed by atoms with E-state index in [2.05, 4.69) is 55.6 Å². The number of nitrogens with one attached hydrogen (secondary N) is 2. The van der Waals surface area contributed by atoms with Crippen LogP contribution < -0.4 is 10.6 Å². The van der Waals surface area contributed by atoms with Crippen LogP contribution in [0.15, 0.2) is 46.1 Å². The number of carbonyl (C=O) groups excluding carboxylic acids is 2. The molecule has 1 aromatic heterocycles. The first-order chi connectivity index (χ1) is 21.3. The molecule has 0 radical (unpaired) electrons. The minimum Gasteiger partial charge on any atom is -0.404 e. The highest BCUT2D eigenvalue weighted by atomic mass is 16.7. The van der Waals surface area contributed by atoms with Gasteiger partial charge in [0.05, 0.1) is 29.9 Å². The normalized spacial score (nSPS) is 30.4. The zero-order chi connectivity index (χ0) is 32.1. The van der Waals surface area contributed by atoms with Crippen LogP contribution in [-0.4, -0.2) is 59.6 Å². The average Bonchev–Trinajstić information content (AvgIpc) is 3.73. The summed E-state index contributed by atoms with van der Waals surface area (Å²) < 4.78 is 18.7. The highest BCUT2D eigenvalue weighted by molar-refractivity contribution is 6.48. The zero-order valence-electron chi connectivity index (χ0n) is 27.6. The van der Waals surface area contributed by atoms with Crippen LogP contribution in [0.3, 0.4) is 0 Å². The van der Waals surface area contributed by atoms with Gasteiger partial charge >= 0.3 is 7.12 Å². The molecule has 2 aromatic rings. The van der Waals surface area contributed by atoms with Gasteiger partial charge in [0.2, 0.25) is 5.60 Å². The van der Waals surface area contributed by atoms with E-state index in [1.807, 2.05) is 44.2 Å². The maximum absolute atomic E-state index is 14.3. The van der Waals surface area contributed by atoms with Gasteiger partial charge in [0, 0.05) is 24.8 Å². The average molecular weight is 619 g/mol. The van der Waals surface area contributed by atoms with Gasteiger partial charge in [0.15, 0.2) is 5.69 Å². The first-order valence-electron chi connectivity index (χ1n) is 16.5. The first kappa shape index (κ1) is 31.8. The van der Waals surface area contributed by atoms with E-state index in [4.69, 9.17) is 18.7 Å². The van der Waals surface area contributed by atoms with Gasteiger partial charge in [-0.3, -0.25) is 9.59 Å². The second-order valence-corrected chi connectivity index (χ2v) is 15.1. The summed E-state index contributed by atoms with van der Waals surface area (Å²) in [5.74, 6) is 1.12. The number of amides is 2. The van der Waals surface area contributed by atoms with E-state index in [9.17, 15) is 9.59 Å². The predicted molar refractivity (Wildman–Crippen MR) is 170 cm³/mol. The molecule has 4 fully saturated rings. The molecule has 3 heterocycles. The molecule has 1 aromatic carbocycles. The largest absolute Gasteiger partial charge is 0.481 e. The summed E-state index contributed by atoms with van der Waals surface area (Å²) in [6, 6.07) is 11.4. The van der Waals surface area contributed by atoms with Crippen LogP contribution in [0.4, 0.5) is 0 Å². The van der Waals surface area contributed by atoms with Crippen LogP contribution in [0.5, 0.6) is 0 Å². The number of hydrogen-bond donors (Lipinski definition) is 2. The molecule has 2 aliphatic heterocycles. The quantitative estimate of drug-likeness (QED) is 0.337. The van der Waals surface area contributed by atoms with Gasteiger partial charge in [-0.1, -0.05) is 82.2 Å². The Morgan fingerprint density at radius 3 is 2.51 bits per heavy atom. The van der Waals surface area contributed by atoms with E-state index >= 15 is 0 Å². The number of carbonyl (C=O) groups is 2. The lowest BCUT2D eigenvalue weighted by Crippen LogP contribution is -2.65. The standard InChI is InChI=1S/C34H47BN4O6/c1-20(2)13-29(35-42-28-15-23-14-27(32(23,5)6)33(28,7)44-35)37-31(41)34(17-22-11-9-8-10-12-22)18-24(38-45-34)19-36-30(40)25-16-26(21(3)4)43-39-25/h8-12,16,20-21,23,27-29H,13-15,17-19H2,1-7H3,(H,36,40)(H,37,41)/t23-,27-,28+,29-,33-,34?/m0/s1. The Kier molecular flexibility index (Phi) is 8.39. The molecule has 242 valence electrons. The minimum absolute atomic E-state index is 0.0201. The number of nitrogens with zero attached hydrogens (tertiary/aromatic N) is 2. The van der Waals surface area contributed by atoms with Crippen molar-refractivity contribution in [2.24, 2.45) is 28.3 Å². The Bertz CT molecular complexity index is 1440. The lowest BCUT2D eigenvalue weighted by atomic mass is 9.43. The summed E-state index contributed by atoms with van der Waals surface area (Å²) in [5, 5.41) is 14.3. The molecule has 3 aliphatic carbocycles. The van der Waals surface area contributed by atoms with Crippen LogP contribution in [0.2, 0.25) is 0 Å². The van der Waals surface area contributed by atoms with Gasteiger partial charge in [-0.2, -0.15) is 0 Å². The van der Waals surface area contributed by atoms with E-state index in [0.29, 0.717) is 42.1 Å². The van der Waals surface area contributed by atoms with Crippen molar-refractivity contribution in [2.45, 2.75) is 110 Å². The third kappa shape index (κ3) is 5.94. The van der Waals surface area contributed by atoms with Crippen molar-refractivity contribution in [3.63, 3.8) is 0 Å². The second kappa shape index (κ2) is 11.9. The van der Waals surface area contributed by atoms with E-state index < -0.39 is 12.7 Å². The minimum atomic E-state index is -1.28. The van der Waals surface area contributed by atoms with Crippen LogP contribution in [0, 0.1) is 23.2 Å². The predicted octanol–water partition coefficient (Wildman–Crippen LogP) is 5.08. The molecule has 0 spiro atoms. The summed E-state index contributed by atoms with van der Waals surface area (Å²) in [7, 11) is -0.547. The molecule has 1 unspecified atom stereocenters. The van der Waals surface area contributed by atoms with Crippen molar-refractivity contribution in [3.05, 3.63) is 53.4 Å². The molecule has 6 atom stereocenters. The summed E-state index contributed by atoms with van der Waals surface area (Å²) in [6.45, 7) is 15.2. The van der Waals surface area contributed by atoms with Crippen molar-refractivity contribution < 1.29 is 28.3 Å². The summed E-state index contributed by atoms with van der Waals surface area (Å²) in [4.78, 5) is 33.1.